The number of hydrogen-bond donors (Lipinski definition) is 6. The predicted molar refractivity (Wildman–Crippen MR) is 165 cm³/mol. The van der Waals surface area contributed by atoms with Crippen LogP contribution in [0.15, 0.2) is 67.4 Å². The molecule has 1 fully saturated rings. The number of aromatic nitrogens is 5. The summed E-state index contributed by atoms with van der Waals surface area (Å²) in [5.41, 5.74) is 9.89. The molecule has 2 unspecified atom stereocenters. The van der Waals surface area contributed by atoms with Gasteiger partial charge in [0.15, 0.2) is 11.5 Å². The molecule has 0 amide bonds. The van der Waals surface area contributed by atoms with Crippen molar-refractivity contribution in [3.05, 3.63) is 83.5 Å². The molecule has 4 heterocycles. The fourth-order valence-corrected chi connectivity index (χ4v) is 5.41. The van der Waals surface area contributed by atoms with Gasteiger partial charge in [0.25, 0.3) is 0 Å². The Kier molecular flexibility index (Phi) is 9.15. The number of aliphatic hydroxyl groups is 3. The summed E-state index contributed by atoms with van der Waals surface area (Å²) in [5, 5.41) is 30.2. The Labute approximate surface area is 248 Å². The normalized spacial score (nSPS) is 16.0. The first kappa shape index (κ1) is 29.6. The highest BCUT2D eigenvalue weighted by molar-refractivity contribution is 6.36. The minimum atomic E-state index is -1.21. The van der Waals surface area contributed by atoms with Crippen LogP contribution >= 0.6 is 11.6 Å². The van der Waals surface area contributed by atoms with E-state index in [9.17, 15) is 0 Å². The lowest BCUT2D eigenvalue weighted by molar-refractivity contribution is 0.0697. The van der Waals surface area contributed by atoms with Gasteiger partial charge in [0.05, 0.1) is 54.0 Å². The van der Waals surface area contributed by atoms with Crippen molar-refractivity contribution in [3.63, 3.8) is 0 Å². The van der Waals surface area contributed by atoms with Crippen LogP contribution in [0.3, 0.4) is 0 Å². The number of rotatable bonds is 8. The van der Waals surface area contributed by atoms with Gasteiger partial charge in [0.1, 0.15) is 11.8 Å². The van der Waals surface area contributed by atoms with Gasteiger partial charge < -0.3 is 36.3 Å². The maximum absolute atomic E-state index is 8.34. The van der Waals surface area contributed by atoms with Crippen molar-refractivity contribution in [3.8, 4) is 0 Å². The van der Waals surface area contributed by atoms with Crippen LogP contribution < -0.4 is 16.0 Å². The highest BCUT2D eigenvalue weighted by Crippen LogP contribution is 2.42. The summed E-state index contributed by atoms with van der Waals surface area (Å²) in [6, 6.07) is 16.7. The third kappa shape index (κ3) is 6.15. The summed E-state index contributed by atoms with van der Waals surface area (Å²) in [7, 11) is 0. The minimum Gasteiger partial charge on any atom is -0.394 e. The number of hydrogen-bond acceptors (Lipinski definition) is 10. The number of nitrogens with zero attached hydrogens (tertiary/aromatic N) is 5. The van der Waals surface area contributed by atoms with E-state index in [1.165, 1.54) is 11.9 Å². The van der Waals surface area contributed by atoms with Crippen LogP contribution in [0, 0.1) is 0 Å². The summed E-state index contributed by atoms with van der Waals surface area (Å²) in [4.78, 5) is 23.3. The maximum atomic E-state index is 8.34. The summed E-state index contributed by atoms with van der Waals surface area (Å²) in [5.74, 6) is 1.19. The zero-order valence-electron chi connectivity index (χ0n) is 23.3. The first-order chi connectivity index (χ1) is 20.4. The molecule has 6 rings (SSSR count). The van der Waals surface area contributed by atoms with Crippen LogP contribution in [0.2, 0.25) is 5.02 Å². The van der Waals surface area contributed by atoms with Gasteiger partial charge in [-0.25, -0.2) is 15.0 Å². The molecule has 0 spiro atoms. The molecule has 0 bridgehead atoms. The first-order valence-electron chi connectivity index (χ1n) is 13.8. The van der Waals surface area contributed by atoms with Crippen LogP contribution in [0.5, 0.6) is 0 Å². The number of H-pyrrole nitrogens is 1. The monoisotopic (exact) mass is 590 g/mol. The Bertz CT molecular complexity index is 1620. The minimum absolute atomic E-state index is 0.0731. The molecule has 42 heavy (non-hydrogen) atoms. The quantitative estimate of drug-likeness (QED) is 0.157. The lowest BCUT2D eigenvalue weighted by atomic mass is 9.98. The van der Waals surface area contributed by atoms with E-state index < -0.39 is 25.4 Å². The molecular formula is C30H35ClN8O3. The number of aliphatic hydroxyl groups excluding tert-OH is 3. The van der Waals surface area contributed by atoms with Gasteiger partial charge in [0.2, 0.25) is 0 Å². The van der Waals surface area contributed by atoms with Crippen LogP contribution in [0.25, 0.3) is 22.1 Å². The van der Waals surface area contributed by atoms with Gasteiger partial charge >= 0.3 is 0 Å². The molecular weight excluding hydrogens is 556 g/mol. The van der Waals surface area contributed by atoms with E-state index in [2.05, 4.69) is 73.5 Å². The second kappa shape index (κ2) is 13.0. The van der Waals surface area contributed by atoms with E-state index in [0.717, 1.165) is 47.2 Å². The van der Waals surface area contributed by atoms with Gasteiger partial charge in [-0.1, -0.05) is 41.9 Å². The van der Waals surface area contributed by atoms with Crippen LogP contribution in [0.4, 0.5) is 11.5 Å². The van der Waals surface area contributed by atoms with Crippen molar-refractivity contribution in [2.24, 2.45) is 5.73 Å². The Morgan fingerprint density at radius 1 is 1.07 bits per heavy atom. The average molecular weight is 591 g/mol. The molecule has 0 aliphatic carbocycles. The van der Waals surface area contributed by atoms with E-state index in [4.69, 9.17) is 37.6 Å². The zero-order valence-corrected chi connectivity index (χ0v) is 24.0. The predicted octanol–water partition coefficient (Wildman–Crippen LogP) is 3.38. The average Bonchev–Trinajstić information content (AvgIpc) is 3.72. The standard InChI is InChI=1S/C26H24ClN7.C4H11NO3/c1-16(33-26-23-25(30-14-29-23)31-15-32-26)20-12-21(27)19-8-5-10-28-22(19)24(20)34-11-9-18(13-34)17-6-3-2-4-7-17;5-4(1-6,2-7)3-8/h2-8,10,12,14-16,18H,9,11,13H2,1H3,(H2,29,30,31,32,33);6-8H,1-3,5H2. The van der Waals surface area contributed by atoms with Crippen molar-refractivity contribution in [2.75, 3.05) is 43.1 Å². The van der Waals surface area contributed by atoms with Crippen molar-refractivity contribution >= 4 is 45.2 Å². The van der Waals surface area contributed by atoms with Gasteiger partial charge in [-0.15, -0.1) is 0 Å². The van der Waals surface area contributed by atoms with Crippen molar-refractivity contribution in [1.82, 2.24) is 24.9 Å². The molecule has 220 valence electrons. The fraction of sp³-hybridized carbons (Fsp3) is 0.333. The molecule has 3 aromatic heterocycles. The topological polar surface area (TPSA) is 169 Å². The number of pyridine rings is 1. The van der Waals surface area contributed by atoms with Crippen molar-refractivity contribution in [2.45, 2.75) is 30.8 Å². The number of fused-ring (bicyclic) bond motifs is 2. The third-order valence-electron chi connectivity index (χ3n) is 7.61. The largest absolute Gasteiger partial charge is 0.394 e. The zero-order chi connectivity index (χ0) is 29.7. The van der Waals surface area contributed by atoms with Gasteiger partial charge in [-0.2, -0.15) is 0 Å². The molecule has 7 N–H and O–H groups in total. The van der Waals surface area contributed by atoms with Crippen molar-refractivity contribution in [1.29, 1.82) is 0 Å². The van der Waals surface area contributed by atoms with E-state index in [1.807, 2.05) is 18.3 Å². The number of aromatic amines is 1. The highest BCUT2D eigenvalue weighted by Gasteiger charge is 2.29. The molecule has 11 nitrogen and oxygen atoms in total. The highest BCUT2D eigenvalue weighted by atomic mass is 35.5. The number of nitrogens with two attached hydrogens (primary N) is 1. The molecule has 2 aromatic carbocycles. The van der Waals surface area contributed by atoms with E-state index in [-0.39, 0.29) is 6.04 Å². The third-order valence-corrected chi connectivity index (χ3v) is 7.92. The molecule has 1 aliphatic rings. The smallest absolute Gasteiger partial charge is 0.182 e. The first-order valence-corrected chi connectivity index (χ1v) is 14.1. The molecule has 1 aliphatic heterocycles. The SMILES string of the molecule is CC(Nc1ncnc2nc[nH]c12)c1cc(Cl)c2cccnc2c1N1CCC(c2ccccc2)C1.NC(CO)(CO)CO. The molecule has 5 aromatic rings. The fourth-order valence-electron chi connectivity index (χ4n) is 5.14. The molecule has 0 radical (unpaired) electrons. The Morgan fingerprint density at radius 3 is 2.55 bits per heavy atom. The summed E-state index contributed by atoms with van der Waals surface area (Å²) >= 11 is 6.76. The van der Waals surface area contributed by atoms with E-state index >= 15 is 0 Å². The second-order valence-corrected chi connectivity index (χ2v) is 11.0. The lowest BCUT2D eigenvalue weighted by Crippen LogP contribution is -2.50. The Morgan fingerprint density at radius 2 is 1.83 bits per heavy atom. The number of benzene rings is 2. The van der Waals surface area contributed by atoms with E-state index in [1.54, 1.807) is 6.33 Å². The van der Waals surface area contributed by atoms with Gasteiger partial charge in [0, 0.05) is 36.2 Å². The maximum Gasteiger partial charge on any atom is 0.182 e. The van der Waals surface area contributed by atoms with Crippen LogP contribution in [-0.4, -0.2) is 78.7 Å². The summed E-state index contributed by atoms with van der Waals surface area (Å²) < 4.78 is 0. The molecule has 12 heteroatoms. The van der Waals surface area contributed by atoms with E-state index in [0.29, 0.717) is 22.4 Å². The Hall–Kier alpha value is -3.87. The molecule has 0 saturated carbocycles. The number of nitrogens with one attached hydrogen (secondary N) is 2. The second-order valence-electron chi connectivity index (χ2n) is 10.6. The lowest BCUT2D eigenvalue weighted by Gasteiger charge is -2.27. The summed E-state index contributed by atoms with van der Waals surface area (Å²) in [6.45, 7) is 2.82. The molecule has 2 atom stereocenters. The van der Waals surface area contributed by atoms with Crippen LogP contribution in [-0.2, 0) is 0 Å². The van der Waals surface area contributed by atoms with Gasteiger partial charge in [-0.05, 0) is 37.1 Å². The molecule has 1 saturated heterocycles. The van der Waals surface area contributed by atoms with Crippen LogP contribution in [0.1, 0.15) is 36.4 Å². The van der Waals surface area contributed by atoms with Gasteiger partial charge in [-0.3, -0.25) is 4.98 Å². The number of halogens is 1. The van der Waals surface area contributed by atoms with Crippen molar-refractivity contribution < 1.29 is 15.3 Å². The number of imidazole rings is 1. The number of anilines is 2. The summed E-state index contributed by atoms with van der Waals surface area (Å²) in [6.07, 6.45) is 6.10. The Balaban J connectivity index is 0.000000390.